The number of ether oxygens (including phenoxy) is 4. The molecule has 0 atom stereocenters. The lowest BCUT2D eigenvalue weighted by Gasteiger charge is -2.21. The summed E-state index contributed by atoms with van der Waals surface area (Å²) in [6.07, 6.45) is 0. The van der Waals surface area contributed by atoms with E-state index in [9.17, 15) is 14.9 Å². The van der Waals surface area contributed by atoms with Crippen molar-refractivity contribution in [3.63, 3.8) is 0 Å². The van der Waals surface area contributed by atoms with E-state index in [0.717, 1.165) is 5.56 Å². The number of nitro groups is 1. The molecule has 0 bridgehead atoms. The van der Waals surface area contributed by atoms with Crippen molar-refractivity contribution >= 4 is 11.6 Å². The van der Waals surface area contributed by atoms with Crippen molar-refractivity contribution in [3.05, 3.63) is 76.3 Å². The second kappa shape index (κ2) is 10.1. The smallest absolute Gasteiger partial charge is 0.270 e. The molecule has 3 aromatic rings. The summed E-state index contributed by atoms with van der Waals surface area (Å²) in [5.41, 5.74) is 2.05. The van der Waals surface area contributed by atoms with Crippen LogP contribution in [0.15, 0.2) is 60.7 Å². The van der Waals surface area contributed by atoms with Gasteiger partial charge in [-0.2, -0.15) is 0 Å². The standard InChI is InChI=1S/C25H24N2O7/c1-26(15-17-3-9-23-24(13-17)33-12-11-32-23)25(28)16-34-22-10-6-19(27(29)30)14-21(22)18-4-7-20(31-2)8-5-18/h3-10,13-14H,11-12,15-16H2,1-2H3. The number of nitro benzene ring substituents is 1. The van der Waals surface area contributed by atoms with Crippen molar-refractivity contribution in [2.24, 2.45) is 0 Å². The van der Waals surface area contributed by atoms with Gasteiger partial charge >= 0.3 is 0 Å². The van der Waals surface area contributed by atoms with E-state index in [1.807, 2.05) is 18.2 Å². The molecule has 0 unspecified atom stereocenters. The number of non-ortho nitro benzene ring substituents is 1. The van der Waals surface area contributed by atoms with E-state index in [1.165, 1.54) is 18.2 Å². The van der Waals surface area contributed by atoms with Crippen LogP contribution in [0, 0.1) is 10.1 Å². The highest BCUT2D eigenvalue weighted by Gasteiger charge is 2.18. The normalized spacial score (nSPS) is 12.1. The molecule has 1 aliphatic heterocycles. The zero-order chi connectivity index (χ0) is 24.1. The molecule has 0 spiro atoms. The van der Waals surface area contributed by atoms with E-state index in [4.69, 9.17) is 18.9 Å². The number of methoxy groups -OCH3 is 1. The molecule has 9 heteroatoms. The van der Waals surface area contributed by atoms with Crippen LogP contribution in [0.5, 0.6) is 23.0 Å². The van der Waals surface area contributed by atoms with Crippen LogP contribution in [0.25, 0.3) is 11.1 Å². The van der Waals surface area contributed by atoms with Crippen LogP contribution in [-0.2, 0) is 11.3 Å². The average Bonchev–Trinajstić information content (AvgIpc) is 2.87. The van der Waals surface area contributed by atoms with Gasteiger partial charge in [0.05, 0.1) is 12.0 Å². The number of likely N-dealkylation sites (N-methyl/N-ethyl adjacent to an activating group) is 1. The highest BCUT2D eigenvalue weighted by Crippen LogP contribution is 2.35. The van der Waals surface area contributed by atoms with Crippen molar-refractivity contribution in [1.82, 2.24) is 4.90 Å². The van der Waals surface area contributed by atoms with E-state index >= 15 is 0 Å². The fourth-order valence-corrected chi connectivity index (χ4v) is 3.55. The first-order chi connectivity index (χ1) is 16.4. The molecule has 0 saturated carbocycles. The molecule has 3 aromatic carbocycles. The number of fused-ring (bicyclic) bond motifs is 1. The molecule has 0 fully saturated rings. The third-order valence-electron chi connectivity index (χ3n) is 5.38. The van der Waals surface area contributed by atoms with Crippen LogP contribution in [-0.4, -0.2) is 49.7 Å². The number of amides is 1. The van der Waals surface area contributed by atoms with Crippen molar-refractivity contribution in [2.45, 2.75) is 6.54 Å². The zero-order valence-electron chi connectivity index (χ0n) is 18.9. The number of carbonyl (C=O) groups excluding carboxylic acids is 1. The predicted octanol–water partition coefficient (Wildman–Crippen LogP) is 4.08. The molecule has 1 heterocycles. The van der Waals surface area contributed by atoms with Crippen LogP contribution in [0.3, 0.4) is 0 Å². The van der Waals surface area contributed by atoms with Crippen LogP contribution in [0.1, 0.15) is 5.56 Å². The summed E-state index contributed by atoms with van der Waals surface area (Å²) in [6, 6.07) is 16.9. The molecule has 4 rings (SSSR count). The lowest BCUT2D eigenvalue weighted by atomic mass is 10.0. The lowest BCUT2D eigenvalue weighted by molar-refractivity contribution is -0.384. The summed E-state index contributed by atoms with van der Waals surface area (Å²) in [5, 5.41) is 11.3. The topological polar surface area (TPSA) is 100 Å². The summed E-state index contributed by atoms with van der Waals surface area (Å²) >= 11 is 0. The van der Waals surface area contributed by atoms with Gasteiger partial charge in [0.25, 0.3) is 11.6 Å². The van der Waals surface area contributed by atoms with Gasteiger partial charge in [-0.25, -0.2) is 0 Å². The van der Waals surface area contributed by atoms with Gasteiger partial charge in [0.1, 0.15) is 24.7 Å². The number of hydrogen-bond donors (Lipinski definition) is 0. The van der Waals surface area contributed by atoms with Gasteiger partial charge in [0, 0.05) is 31.3 Å². The molecule has 0 aliphatic carbocycles. The first kappa shape index (κ1) is 22.9. The molecule has 176 valence electrons. The highest BCUT2D eigenvalue weighted by molar-refractivity contribution is 5.79. The Balaban J connectivity index is 1.46. The summed E-state index contributed by atoms with van der Waals surface area (Å²) in [7, 11) is 3.24. The molecule has 0 N–H and O–H groups in total. The Bertz CT molecular complexity index is 1190. The fourth-order valence-electron chi connectivity index (χ4n) is 3.55. The first-order valence-electron chi connectivity index (χ1n) is 10.6. The zero-order valence-corrected chi connectivity index (χ0v) is 18.9. The molecule has 9 nitrogen and oxygen atoms in total. The van der Waals surface area contributed by atoms with Crippen molar-refractivity contribution < 1.29 is 28.7 Å². The minimum absolute atomic E-state index is 0.0692. The second-order valence-electron chi connectivity index (χ2n) is 7.68. The van der Waals surface area contributed by atoms with Gasteiger partial charge < -0.3 is 23.8 Å². The van der Waals surface area contributed by atoms with E-state index < -0.39 is 4.92 Å². The first-order valence-corrected chi connectivity index (χ1v) is 10.6. The van der Waals surface area contributed by atoms with Gasteiger partial charge in [-0.3, -0.25) is 14.9 Å². The second-order valence-corrected chi connectivity index (χ2v) is 7.68. The van der Waals surface area contributed by atoms with Gasteiger partial charge in [0.2, 0.25) is 0 Å². The van der Waals surface area contributed by atoms with Crippen molar-refractivity contribution in [2.75, 3.05) is 34.0 Å². The van der Waals surface area contributed by atoms with Gasteiger partial charge in [-0.05, 0) is 41.5 Å². The van der Waals surface area contributed by atoms with Crippen LogP contribution >= 0.6 is 0 Å². The molecule has 1 aliphatic rings. The maximum absolute atomic E-state index is 12.7. The lowest BCUT2D eigenvalue weighted by Crippen LogP contribution is -2.31. The summed E-state index contributed by atoms with van der Waals surface area (Å²) < 4.78 is 22.1. The van der Waals surface area contributed by atoms with E-state index in [-0.39, 0.29) is 18.2 Å². The van der Waals surface area contributed by atoms with E-state index in [1.54, 1.807) is 43.3 Å². The Hall–Kier alpha value is -4.27. The number of nitrogens with zero attached hydrogens (tertiary/aromatic N) is 2. The largest absolute Gasteiger partial charge is 0.497 e. The van der Waals surface area contributed by atoms with Gasteiger partial charge in [-0.1, -0.05) is 18.2 Å². The van der Waals surface area contributed by atoms with Crippen LogP contribution in [0.4, 0.5) is 5.69 Å². The molecular formula is C25H24N2O7. The van der Waals surface area contributed by atoms with Crippen LogP contribution < -0.4 is 18.9 Å². The third-order valence-corrected chi connectivity index (χ3v) is 5.38. The number of hydrogen-bond acceptors (Lipinski definition) is 7. The molecule has 0 radical (unpaired) electrons. The highest BCUT2D eigenvalue weighted by atomic mass is 16.6. The van der Waals surface area contributed by atoms with Gasteiger partial charge in [0.15, 0.2) is 18.1 Å². The van der Waals surface area contributed by atoms with Gasteiger partial charge in [-0.15, -0.1) is 0 Å². The van der Waals surface area contributed by atoms with Crippen molar-refractivity contribution in [3.8, 4) is 34.1 Å². The Morgan fingerprint density at radius 1 is 1.03 bits per heavy atom. The number of rotatable bonds is 8. The monoisotopic (exact) mass is 464 g/mol. The minimum atomic E-state index is -0.469. The Labute approximate surface area is 196 Å². The third kappa shape index (κ3) is 5.20. The van der Waals surface area contributed by atoms with Crippen LogP contribution in [0.2, 0.25) is 0 Å². The average molecular weight is 464 g/mol. The SMILES string of the molecule is COc1ccc(-c2cc([N+](=O)[O-])ccc2OCC(=O)N(C)Cc2ccc3c(c2)OCCO3)cc1. The quantitative estimate of drug-likeness (QED) is 0.366. The maximum atomic E-state index is 12.7. The Kier molecular flexibility index (Phi) is 6.82. The molecule has 0 aromatic heterocycles. The summed E-state index contributed by atoms with van der Waals surface area (Å²) in [4.78, 5) is 25.1. The molecule has 1 amide bonds. The molecule has 34 heavy (non-hydrogen) atoms. The minimum Gasteiger partial charge on any atom is -0.497 e. The number of carbonyl (C=O) groups is 1. The Morgan fingerprint density at radius 2 is 1.76 bits per heavy atom. The maximum Gasteiger partial charge on any atom is 0.270 e. The fraction of sp³-hybridized carbons (Fsp3) is 0.240. The Morgan fingerprint density at radius 3 is 2.47 bits per heavy atom. The molecule has 0 saturated heterocycles. The summed E-state index contributed by atoms with van der Waals surface area (Å²) in [6.45, 7) is 1.15. The number of benzene rings is 3. The molecular weight excluding hydrogens is 440 g/mol. The van der Waals surface area contributed by atoms with E-state index in [2.05, 4.69) is 0 Å². The summed E-state index contributed by atoms with van der Waals surface area (Å²) in [5.74, 6) is 2.14. The predicted molar refractivity (Wildman–Crippen MR) is 124 cm³/mol. The van der Waals surface area contributed by atoms with Crippen molar-refractivity contribution in [1.29, 1.82) is 0 Å². The van der Waals surface area contributed by atoms with E-state index in [0.29, 0.717) is 53.9 Å².